The van der Waals surface area contributed by atoms with Crippen molar-refractivity contribution in [3.63, 3.8) is 0 Å². The van der Waals surface area contributed by atoms with Gasteiger partial charge in [0.15, 0.2) is 0 Å². The lowest BCUT2D eigenvalue weighted by Gasteiger charge is -2.39. The van der Waals surface area contributed by atoms with Crippen LogP contribution in [-0.4, -0.2) is 8.42 Å². The maximum Gasteiger partial charge on any atom is 0.310 e. The third kappa shape index (κ3) is 4.57. The molecule has 0 spiro atoms. The lowest BCUT2D eigenvalue weighted by molar-refractivity contribution is 0.493. The Labute approximate surface area is 194 Å². The first-order valence-electron chi connectivity index (χ1n) is 10.3. The Kier molecular flexibility index (Phi) is 6.65. The first kappa shape index (κ1) is 23.2. The average molecular weight is 485 g/mol. The predicted molar refractivity (Wildman–Crippen MR) is 126 cm³/mol. The second kappa shape index (κ2) is 9.47. The molecule has 4 aromatic rings. The van der Waals surface area contributed by atoms with Crippen molar-refractivity contribution in [2.45, 2.75) is 32.9 Å². The summed E-state index contributed by atoms with van der Waals surface area (Å²) in [7, 11) is -7.47. The molecule has 3 nitrogen and oxygen atoms in total. The molecule has 0 fully saturated rings. The molecular formula is C26H22F2O3S2. The quantitative estimate of drug-likeness (QED) is 0.280. The first-order chi connectivity index (χ1) is 15.9. The van der Waals surface area contributed by atoms with E-state index in [0.29, 0.717) is 20.8 Å². The molecule has 0 radical (unpaired) electrons. The zero-order valence-corrected chi connectivity index (χ0v) is 19.5. The maximum absolute atomic E-state index is 14.5. The van der Waals surface area contributed by atoms with E-state index in [1.807, 2.05) is 43.3 Å². The van der Waals surface area contributed by atoms with Gasteiger partial charge in [0.1, 0.15) is 16.5 Å². The summed E-state index contributed by atoms with van der Waals surface area (Å²) in [6, 6.07) is 27.9. The highest BCUT2D eigenvalue weighted by Crippen LogP contribution is 2.70. The van der Waals surface area contributed by atoms with E-state index >= 15 is 0 Å². The van der Waals surface area contributed by atoms with E-state index in [2.05, 4.69) is 0 Å². The van der Waals surface area contributed by atoms with Crippen LogP contribution in [0, 0.1) is 11.6 Å². The van der Waals surface area contributed by atoms with Crippen LogP contribution in [0.2, 0.25) is 0 Å². The Morgan fingerprint density at radius 3 is 1.70 bits per heavy atom. The summed E-state index contributed by atoms with van der Waals surface area (Å²) in [5, 5.41) is 0. The molecule has 0 aliphatic heterocycles. The summed E-state index contributed by atoms with van der Waals surface area (Å²) in [5.74, 6) is -2.07. The van der Waals surface area contributed by atoms with Crippen LogP contribution in [0.3, 0.4) is 0 Å². The Morgan fingerprint density at radius 2 is 1.21 bits per heavy atom. The van der Waals surface area contributed by atoms with Crippen LogP contribution in [0.25, 0.3) is 0 Å². The van der Waals surface area contributed by atoms with Crippen molar-refractivity contribution < 1.29 is 20.8 Å². The normalized spacial score (nSPS) is 12.5. The SMILES string of the molecule is CCc1ccc(S(OS(=O)(=O)c2ccc(F)cc2F)(c2ccccc2)c2ccccc2)cc1. The van der Waals surface area contributed by atoms with E-state index in [1.165, 1.54) is 0 Å². The third-order valence-corrected chi connectivity index (χ3v) is 10.4. The van der Waals surface area contributed by atoms with Crippen LogP contribution in [0.15, 0.2) is 123 Å². The summed E-state index contributed by atoms with van der Waals surface area (Å²) in [4.78, 5) is 1.19. The number of benzene rings is 4. The minimum Gasteiger partial charge on any atom is -0.207 e. The number of rotatable bonds is 7. The number of halogens is 2. The summed E-state index contributed by atoms with van der Waals surface area (Å²) in [6.45, 7) is 2.03. The van der Waals surface area contributed by atoms with Crippen molar-refractivity contribution in [3.8, 4) is 0 Å². The average Bonchev–Trinajstić information content (AvgIpc) is 2.83. The summed E-state index contributed by atoms with van der Waals surface area (Å²) in [5.41, 5.74) is 1.08. The fourth-order valence-electron chi connectivity index (χ4n) is 3.52. The van der Waals surface area contributed by atoms with Gasteiger partial charge in [-0.25, -0.2) is 12.4 Å². The molecule has 0 aliphatic carbocycles. The van der Waals surface area contributed by atoms with Crippen molar-refractivity contribution in [3.05, 3.63) is 120 Å². The van der Waals surface area contributed by atoms with Gasteiger partial charge in [0.05, 0.1) is 0 Å². The van der Waals surface area contributed by atoms with E-state index in [0.717, 1.165) is 24.1 Å². The summed E-state index contributed by atoms with van der Waals surface area (Å²) >= 11 is 0. The third-order valence-electron chi connectivity index (χ3n) is 5.17. The van der Waals surface area contributed by atoms with Gasteiger partial charge in [-0.05, 0) is 70.8 Å². The molecule has 0 aliphatic rings. The maximum atomic E-state index is 14.5. The van der Waals surface area contributed by atoms with Crippen LogP contribution >= 0.6 is 10.3 Å². The highest BCUT2D eigenvalue weighted by molar-refractivity contribution is 8.33. The molecule has 4 rings (SSSR count). The van der Waals surface area contributed by atoms with Gasteiger partial charge in [-0.3, -0.25) is 0 Å². The van der Waals surface area contributed by atoms with Gasteiger partial charge >= 0.3 is 10.1 Å². The molecule has 0 aromatic heterocycles. The van der Waals surface area contributed by atoms with Gasteiger partial charge in [0, 0.05) is 20.8 Å². The molecule has 0 atom stereocenters. The molecule has 7 heteroatoms. The lowest BCUT2D eigenvalue weighted by atomic mass is 10.2. The molecular weight excluding hydrogens is 462 g/mol. The lowest BCUT2D eigenvalue weighted by Crippen LogP contribution is -2.15. The van der Waals surface area contributed by atoms with Crippen molar-refractivity contribution >= 4 is 20.4 Å². The zero-order chi connectivity index (χ0) is 23.5. The van der Waals surface area contributed by atoms with Gasteiger partial charge in [-0.1, -0.05) is 55.5 Å². The monoisotopic (exact) mass is 484 g/mol. The summed E-state index contributed by atoms with van der Waals surface area (Å²) in [6.07, 6.45) is 0.819. The molecule has 0 amide bonds. The van der Waals surface area contributed by atoms with Crippen molar-refractivity contribution in [2.24, 2.45) is 0 Å². The van der Waals surface area contributed by atoms with Crippen LogP contribution in [-0.2, 0) is 20.2 Å². The van der Waals surface area contributed by atoms with Crippen LogP contribution in [0.5, 0.6) is 0 Å². The molecule has 0 heterocycles. The van der Waals surface area contributed by atoms with Gasteiger partial charge in [-0.2, -0.15) is 8.42 Å². The summed E-state index contributed by atoms with van der Waals surface area (Å²) < 4.78 is 61.0. The van der Waals surface area contributed by atoms with Crippen molar-refractivity contribution in [2.75, 3.05) is 0 Å². The fraction of sp³-hybridized carbons (Fsp3) is 0.0769. The minimum atomic E-state index is -4.63. The Balaban J connectivity index is 2.01. The molecule has 0 bridgehead atoms. The molecule has 0 saturated carbocycles. The van der Waals surface area contributed by atoms with Gasteiger partial charge in [-0.15, -0.1) is 0 Å². The van der Waals surface area contributed by atoms with E-state index in [-0.39, 0.29) is 0 Å². The van der Waals surface area contributed by atoms with Gasteiger partial charge < -0.3 is 0 Å². The van der Waals surface area contributed by atoms with E-state index in [1.54, 1.807) is 48.5 Å². The van der Waals surface area contributed by atoms with Crippen LogP contribution < -0.4 is 0 Å². The zero-order valence-electron chi connectivity index (χ0n) is 17.8. The highest BCUT2D eigenvalue weighted by atomic mass is 32.3. The van der Waals surface area contributed by atoms with Gasteiger partial charge in [0.25, 0.3) is 0 Å². The molecule has 0 N–H and O–H groups in total. The molecule has 170 valence electrons. The molecule has 0 saturated heterocycles. The Hall–Kier alpha value is -3.00. The van der Waals surface area contributed by atoms with Gasteiger partial charge in [0.2, 0.25) is 0 Å². The number of aryl methyl sites for hydroxylation is 1. The van der Waals surface area contributed by atoms with Crippen LogP contribution in [0.4, 0.5) is 8.78 Å². The van der Waals surface area contributed by atoms with Crippen molar-refractivity contribution in [1.29, 1.82) is 0 Å². The number of hydrogen-bond donors (Lipinski definition) is 0. The Morgan fingerprint density at radius 1 is 0.697 bits per heavy atom. The topological polar surface area (TPSA) is 43.4 Å². The molecule has 4 aromatic carbocycles. The smallest absolute Gasteiger partial charge is 0.207 e. The highest BCUT2D eigenvalue weighted by Gasteiger charge is 2.39. The predicted octanol–water partition coefficient (Wildman–Crippen LogP) is 7.13. The minimum absolute atomic E-state index is 0.536. The first-order valence-corrected chi connectivity index (χ1v) is 13.3. The second-order valence-corrected chi connectivity index (χ2v) is 11.7. The standard InChI is InChI=1S/C26H22F2O3S2/c1-2-20-13-16-24(17-14-20)32(22-9-5-3-6-10-22,23-11-7-4-8-12-23)31-33(29,30)26-18-15-21(27)19-25(26)28/h3-19H,2H2,1H3. The largest absolute Gasteiger partial charge is 0.310 e. The van der Waals surface area contributed by atoms with E-state index < -0.39 is 37.0 Å². The molecule has 33 heavy (non-hydrogen) atoms. The second-order valence-electron chi connectivity index (χ2n) is 7.28. The fourth-order valence-corrected chi connectivity index (χ4v) is 8.78. The van der Waals surface area contributed by atoms with E-state index in [4.69, 9.17) is 3.63 Å². The molecule has 0 unspecified atom stereocenters. The Bertz CT molecular complexity index is 1300. The van der Waals surface area contributed by atoms with E-state index in [9.17, 15) is 17.2 Å². The van der Waals surface area contributed by atoms with Crippen LogP contribution in [0.1, 0.15) is 12.5 Å². The number of hydrogen-bond acceptors (Lipinski definition) is 3. The van der Waals surface area contributed by atoms with Crippen molar-refractivity contribution in [1.82, 2.24) is 0 Å².